The Hall–Kier alpha value is -2.43. The third-order valence-electron chi connectivity index (χ3n) is 4.00. The molecule has 0 fully saturated rings. The number of hydrazine groups is 1. The molecular weight excluding hydrogens is 367 g/mol. The molecule has 0 aliphatic heterocycles. The number of hydroxylamine groups is 2. The zero-order chi connectivity index (χ0) is 20.6. The third-order valence-corrected chi connectivity index (χ3v) is 4.00. The normalized spacial score (nSPS) is 12.4. The lowest BCUT2D eigenvalue weighted by Gasteiger charge is -2.20. The number of hydrogen-bond acceptors (Lipinski definition) is 6. The molecular formula is C16H24F3N5O3. The van der Waals surface area contributed by atoms with E-state index in [1.54, 1.807) is 0 Å². The van der Waals surface area contributed by atoms with Crippen LogP contribution in [0.5, 0.6) is 0 Å². The van der Waals surface area contributed by atoms with E-state index in [4.69, 9.17) is 0 Å². The van der Waals surface area contributed by atoms with E-state index < -0.39 is 23.8 Å². The van der Waals surface area contributed by atoms with Crippen molar-refractivity contribution < 1.29 is 28.0 Å². The molecule has 0 bridgehead atoms. The predicted molar refractivity (Wildman–Crippen MR) is 90.5 cm³/mol. The van der Waals surface area contributed by atoms with Crippen molar-refractivity contribution >= 4 is 18.1 Å². The van der Waals surface area contributed by atoms with E-state index in [0.717, 1.165) is 12.8 Å². The Morgan fingerprint density at radius 3 is 2.52 bits per heavy atom. The van der Waals surface area contributed by atoms with E-state index in [0.29, 0.717) is 23.5 Å². The van der Waals surface area contributed by atoms with Crippen LogP contribution in [0.25, 0.3) is 0 Å². The van der Waals surface area contributed by atoms with Gasteiger partial charge in [-0.25, -0.2) is 15.0 Å². The number of aromatic nitrogens is 2. The Kier molecular flexibility index (Phi) is 8.41. The molecule has 0 saturated carbocycles. The van der Waals surface area contributed by atoms with Crippen LogP contribution in [0.15, 0.2) is 0 Å². The highest BCUT2D eigenvalue weighted by molar-refractivity contribution is 5.80. The highest BCUT2D eigenvalue weighted by Crippen LogP contribution is 2.28. The van der Waals surface area contributed by atoms with Gasteiger partial charge in [0.1, 0.15) is 0 Å². The van der Waals surface area contributed by atoms with Crippen molar-refractivity contribution in [1.29, 1.82) is 0 Å². The van der Waals surface area contributed by atoms with E-state index in [1.807, 2.05) is 6.92 Å². The minimum Gasteiger partial charge on any atom is -0.286 e. The number of rotatable bonds is 10. The molecule has 8 nitrogen and oxygen atoms in total. The van der Waals surface area contributed by atoms with Crippen molar-refractivity contribution in [2.24, 2.45) is 5.92 Å². The zero-order valence-electron chi connectivity index (χ0n) is 15.4. The van der Waals surface area contributed by atoms with Gasteiger partial charge in [0.05, 0.1) is 12.5 Å². The summed E-state index contributed by atoms with van der Waals surface area (Å²) in [6.45, 7) is 4.68. The predicted octanol–water partition coefficient (Wildman–Crippen LogP) is 2.60. The maximum absolute atomic E-state index is 12.9. The molecule has 0 spiro atoms. The molecule has 0 aromatic carbocycles. The number of nitrogens with one attached hydrogen (secondary N) is 2. The van der Waals surface area contributed by atoms with Crippen LogP contribution in [0.2, 0.25) is 0 Å². The summed E-state index contributed by atoms with van der Waals surface area (Å²) >= 11 is 0. The molecule has 1 aromatic heterocycles. The molecule has 0 aliphatic rings. The first-order chi connectivity index (χ1) is 12.6. The average Bonchev–Trinajstić information content (AvgIpc) is 2.60. The molecule has 1 heterocycles. The van der Waals surface area contributed by atoms with Crippen molar-refractivity contribution in [1.82, 2.24) is 20.5 Å². The van der Waals surface area contributed by atoms with Crippen LogP contribution in [-0.4, -0.2) is 39.1 Å². The molecule has 1 aromatic rings. The standard InChI is InChI=1S/C16H24F3N5O3/c1-4-5-6-7-12(8-24(27)9-25)14(26)23-22-13-10(2)11(3)20-15(21-13)16(17,18)19/h9,12,27H,4-8H2,1-3H3,(H,23,26)(H,20,21,22)/t12-/m1/s1. The fourth-order valence-electron chi connectivity index (χ4n) is 2.32. The lowest BCUT2D eigenvalue weighted by atomic mass is 10.0. The molecule has 3 N–H and O–H groups in total. The number of carbonyl (C=O) groups excluding carboxylic acids is 2. The SMILES string of the molecule is CCCCC[C@H](CN(O)C=O)C(=O)NNc1nc(C(F)(F)F)nc(C)c1C. The Morgan fingerprint density at radius 1 is 1.30 bits per heavy atom. The Bertz CT molecular complexity index is 655. The lowest BCUT2D eigenvalue weighted by molar-refractivity contribution is -0.154. The molecule has 1 rings (SSSR count). The molecule has 11 heteroatoms. The van der Waals surface area contributed by atoms with E-state index >= 15 is 0 Å². The molecule has 27 heavy (non-hydrogen) atoms. The highest BCUT2D eigenvalue weighted by atomic mass is 19.4. The summed E-state index contributed by atoms with van der Waals surface area (Å²) < 4.78 is 38.6. The van der Waals surface area contributed by atoms with Crippen molar-refractivity contribution in [2.45, 2.75) is 52.6 Å². The first kappa shape index (κ1) is 22.6. The number of halogens is 3. The smallest absolute Gasteiger partial charge is 0.286 e. The van der Waals surface area contributed by atoms with Gasteiger partial charge in [0.25, 0.3) is 0 Å². The number of nitrogens with zero attached hydrogens (tertiary/aromatic N) is 3. The van der Waals surface area contributed by atoms with Crippen LogP contribution >= 0.6 is 0 Å². The summed E-state index contributed by atoms with van der Waals surface area (Å²) in [5.74, 6) is -2.79. The van der Waals surface area contributed by atoms with Crippen LogP contribution in [0, 0.1) is 19.8 Å². The van der Waals surface area contributed by atoms with Gasteiger partial charge < -0.3 is 0 Å². The minimum absolute atomic E-state index is 0.121. The first-order valence-electron chi connectivity index (χ1n) is 8.49. The van der Waals surface area contributed by atoms with Crippen molar-refractivity contribution in [2.75, 3.05) is 12.0 Å². The molecule has 0 unspecified atom stereocenters. The molecule has 2 amide bonds. The number of carbonyl (C=O) groups is 2. The lowest BCUT2D eigenvalue weighted by Crippen LogP contribution is -2.40. The number of anilines is 1. The molecule has 0 saturated heterocycles. The number of alkyl halides is 3. The van der Waals surface area contributed by atoms with Gasteiger partial charge >= 0.3 is 6.18 Å². The average molecular weight is 391 g/mol. The number of hydrogen-bond donors (Lipinski definition) is 3. The van der Waals surface area contributed by atoms with Crippen molar-refractivity contribution in [3.8, 4) is 0 Å². The van der Waals surface area contributed by atoms with Gasteiger partial charge in [0.2, 0.25) is 18.1 Å². The summed E-state index contributed by atoms with van der Waals surface area (Å²) in [5, 5.41) is 9.70. The number of aryl methyl sites for hydroxylation is 1. The van der Waals surface area contributed by atoms with Crippen LogP contribution < -0.4 is 10.9 Å². The third kappa shape index (κ3) is 7.00. The van der Waals surface area contributed by atoms with Gasteiger partial charge in [-0.2, -0.15) is 13.2 Å². The fraction of sp³-hybridized carbons (Fsp3) is 0.625. The van der Waals surface area contributed by atoms with Gasteiger partial charge in [-0.15, -0.1) is 0 Å². The maximum Gasteiger partial charge on any atom is 0.451 e. The molecule has 152 valence electrons. The van der Waals surface area contributed by atoms with Crippen LogP contribution in [0.4, 0.5) is 19.0 Å². The van der Waals surface area contributed by atoms with Gasteiger partial charge in [-0.05, 0) is 20.3 Å². The Labute approximate surface area is 155 Å². The largest absolute Gasteiger partial charge is 0.451 e. The van der Waals surface area contributed by atoms with E-state index in [9.17, 15) is 28.0 Å². The summed E-state index contributed by atoms with van der Waals surface area (Å²) in [4.78, 5) is 29.7. The maximum atomic E-state index is 12.9. The van der Waals surface area contributed by atoms with Crippen LogP contribution in [-0.2, 0) is 15.8 Å². The van der Waals surface area contributed by atoms with Gasteiger partial charge in [-0.1, -0.05) is 26.2 Å². The zero-order valence-corrected chi connectivity index (χ0v) is 15.4. The number of unbranched alkanes of at least 4 members (excludes halogenated alkanes) is 2. The second kappa shape index (κ2) is 10.0. The van der Waals surface area contributed by atoms with Crippen LogP contribution in [0.1, 0.15) is 49.7 Å². The Balaban J connectivity index is 2.87. The van der Waals surface area contributed by atoms with Gasteiger partial charge in [0, 0.05) is 11.3 Å². The van der Waals surface area contributed by atoms with Crippen molar-refractivity contribution in [3.05, 3.63) is 17.1 Å². The van der Waals surface area contributed by atoms with E-state index in [-0.39, 0.29) is 24.5 Å². The van der Waals surface area contributed by atoms with Gasteiger partial charge in [-0.3, -0.25) is 25.6 Å². The summed E-state index contributed by atoms with van der Waals surface area (Å²) in [6, 6.07) is 0. The van der Waals surface area contributed by atoms with Crippen LogP contribution in [0.3, 0.4) is 0 Å². The molecule has 0 radical (unpaired) electrons. The Morgan fingerprint density at radius 2 is 1.96 bits per heavy atom. The topological polar surface area (TPSA) is 107 Å². The summed E-state index contributed by atoms with van der Waals surface area (Å²) in [5.41, 5.74) is 5.16. The quantitative estimate of drug-likeness (QED) is 0.245. The first-order valence-corrected chi connectivity index (χ1v) is 8.49. The van der Waals surface area contributed by atoms with E-state index in [1.165, 1.54) is 13.8 Å². The molecule has 1 atom stereocenters. The minimum atomic E-state index is -4.72. The fourth-order valence-corrected chi connectivity index (χ4v) is 2.32. The van der Waals surface area contributed by atoms with E-state index in [2.05, 4.69) is 20.8 Å². The summed E-state index contributed by atoms with van der Waals surface area (Å²) in [7, 11) is 0. The second-order valence-corrected chi connectivity index (χ2v) is 6.14. The number of amides is 2. The summed E-state index contributed by atoms with van der Waals surface area (Å²) in [6.07, 6.45) is -1.65. The molecule has 0 aliphatic carbocycles. The monoisotopic (exact) mass is 391 g/mol. The highest BCUT2D eigenvalue weighted by Gasteiger charge is 2.35. The van der Waals surface area contributed by atoms with Crippen molar-refractivity contribution in [3.63, 3.8) is 0 Å². The second-order valence-electron chi connectivity index (χ2n) is 6.14. The van der Waals surface area contributed by atoms with Gasteiger partial charge in [0.15, 0.2) is 5.82 Å².